The summed E-state index contributed by atoms with van der Waals surface area (Å²) in [5.74, 6) is 5.20. The second-order valence-electron chi connectivity index (χ2n) is 5.01. The third kappa shape index (κ3) is 3.09. The first-order valence-corrected chi connectivity index (χ1v) is 6.48. The third-order valence-corrected chi connectivity index (χ3v) is 3.67. The van der Waals surface area contributed by atoms with E-state index in [-0.39, 0.29) is 11.8 Å². The van der Waals surface area contributed by atoms with Crippen LogP contribution in [-0.4, -0.2) is 23.9 Å². The summed E-state index contributed by atoms with van der Waals surface area (Å²) in [7, 11) is 0. The molecule has 1 aromatic rings. The van der Waals surface area contributed by atoms with Crippen LogP contribution in [0.2, 0.25) is 0 Å². The van der Waals surface area contributed by atoms with Gasteiger partial charge in [-0.2, -0.15) is 0 Å². The Labute approximate surface area is 108 Å². The van der Waals surface area contributed by atoms with Crippen molar-refractivity contribution in [2.24, 2.45) is 11.8 Å². The molecule has 2 rings (SSSR count). The normalized spacial score (nSPS) is 20.7. The Bertz CT molecular complexity index is 419. The van der Waals surface area contributed by atoms with Gasteiger partial charge in [0.25, 0.3) is 0 Å². The van der Waals surface area contributed by atoms with E-state index < -0.39 is 0 Å². The van der Waals surface area contributed by atoms with E-state index in [0.29, 0.717) is 0 Å². The van der Waals surface area contributed by atoms with Crippen molar-refractivity contribution in [1.82, 2.24) is 10.3 Å². The number of nitrogens with two attached hydrogens (primary N) is 1. The first kappa shape index (κ1) is 13.1. The van der Waals surface area contributed by atoms with Crippen LogP contribution in [0.3, 0.4) is 0 Å². The number of nitrogens with one attached hydrogen (secondary N) is 1. The number of benzene rings is 1. The highest BCUT2D eigenvalue weighted by Crippen LogP contribution is 2.19. The van der Waals surface area contributed by atoms with Crippen LogP contribution in [0.4, 0.5) is 0 Å². The summed E-state index contributed by atoms with van der Waals surface area (Å²) < 4.78 is 0. The van der Waals surface area contributed by atoms with Gasteiger partial charge >= 0.3 is 0 Å². The molecule has 18 heavy (non-hydrogen) atoms. The summed E-state index contributed by atoms with van der Waals surface area (Å²) in [6.45, 7) is 4.91. The maximum Gasteiger partial charge on any atom is 0.238 e. The highest BCUT2D eigenvalue weighted by molar-refractivity contribution is 5.78. The van der Waals surface area contributed by atoms with Crippen molar-refractivity contribution in [2.45, 2.75) is 26.3 Å². The molecule has 0 aliphatic carbocycles. The van der Waals surface area contributed by atoms with Crippen molar-refractivity contribution in [3.05, 3.63) is 35.4 Å². The topological polar surface area (TPSA) is 58.4 Å². The Balaban J connectivity index is 1.98. The van der Waals surface area contributed by atoms with E-state index >= 15 is 0 Å². The zero-order chi connectivity index (χ0) is 13.0. The second kappa shape index (κ2) is 5.98. The molecule has 0 spiro atoms. The largest absolute Gasteiger partial charge is 0.298 e. The van der Waals surface area contributed by atoms with Gasteiger partial charge in [0, 0.05) is 13.1 Å². The molecule has 1 aliphatic rings. The van der Waals surface area contributed by atoms with E-state index in [2.05, 4.69) is 41.5 Å². The highest BCUT2D eigenvalue weighted by atomic mass is 16.2. The van der Waals surface area contributed by atoms with Crippen molar-refractivity contribution in [2.75, 3.05) is 13.1 Å². The highest BCUT2D eigenvalue weighted by Gasteiger charge is 2.25. The fourth-order valence-corrected chi connectivity index (χ4v) is 2.56. The van der Waals surface area contributed by atoms with Gasteiger partial charge in [0.05, 0.1) is 5.92 Å². The maximum absolute atomic E-state index is 11.6. The quantitative estimate of drug-likeness (QED) is 0.479. The van der Waals surface area contributed by atoms with Crippen LogP contribution in [0.25, 0.3) is 0 Å². The van der Waals surface area contributed by atoms with Crippen LogP contribution in [0.1, 0.15) is 24.0 Å². The second-order valence-corrected chi connectivity index (χ2v) is 5.01. The molecule has 1 aromatic carbocycles. The fraction of sp³-hybridized carbons (Fsp3) is 0.500. The number of hydrazine groups is 1. The molecule has 4 nitrogen and oxygen atoms in total. The minimum Gasteiger partial charge on any atom is -0.298 e. The molecule has 1 atom stereocenters. The third-order valence-electron chi connectivity index (χ3n) is 3.67. The van der Waals surface area contributed by atoms with Crippen molar-refractivity contribution < 1.29 is 4.79 Å². The van der Waals surface area contributed by atoms with E-state index in [4.69, 9.17) is 5.84 Å². The Morgan fingerprint density at radius 3 is 3.00 bits per heavy atom. The van der Waals surface area contributed by atoms with Gasteiger partial charge in [-0.1, -0.05) is 24.3 Å². The van der Waals surface area contributed by atoms with Gasteiger partial charge in [-0.15, -0.1) is 0 Å². The van der Waals surface area contributed by atoms with Crippen LogP contribution >= 0.6 is 0 Å². The Hall–Kier alpha value is -1.39. The van der Waals surface area contributed by atoms with Gasteiger partial charge in [-0.05, 0) is 37.4 Å². The Morgan fingerprint density at radius 1 is 1.50 bits per heavy atom. The molecule has 3 N–H and O–H groups in total. The lowest BCUT2D eigenvalue weighted by atomic mass is 9.96. The van der Waals surface area contributed by atoms with E-state index in [1.54, 1.807) is 0 Å². The molecule has 98 valence electrons. The predicted octanol–water partition coefficient (Wildman–Crippen LogP) is 1.20. The average Bonchev–Trinajstić information content (AvgIpc) is 2.41. The summed E-state index contributed by atoms with van der Waals surface area (Å²) in [4.78, 5) is 13.9. The lowest BCUT2D eigenvalue weighted by molar-refractivity contribution is -0.126. The number of rotatable bonds is 3. The monoisotopic (exact) mass is 247 g/mol. The first-order valence-electron chi connectivity index (χ1n) is 6.48. The standard InChI is InChI=1S/C14H21N3O/c1-11-5-2-3-6-12(11)9-17-8-4-7-13(10-17)14(18)16-15/h2-3,5-6,13H,4,7-10,15H2,1H3,(H,16,18). The smallest absolute Gasteiger partial charge is 0.238 e. The van der Waals surface area contributed by atoms with Gasteiger partial charge < -0.3 is 0 Å². The van der Waals surface area contributed by atoms with Crippen molar-refractivity contribution in [3.63, 3.8) is 0 Å². The number of amides is 1. The van der Waals surface area contributed by atoms with Gasteiger partial charge in [-0.25, -0.2) is 5.84 Å². The van der Waals surface area contributed by atoms with Crippen molar-refractivity contribution in [3.8, 4) is 0 Å². The van der Waals surface area contributed by atoms with Crippen LogP contribution in [0, 0.1) is 12.8 Å². The molecule has 1 saturated heterocycles. The number of aryl methyl sites for hydroxylation is 1. The van der Waals surface area contributed by atoms with Gasteiger partial charge in [0.1, 0.15) is 0 Å². The number of piperidine rings is 1. The number of hydrogen-bond donors (Lipinski definition) is 2. The number of carbonyl (C=O) groups excluding carboxylic acids is 1. The number of hydrogen-bond acceptors (Lipinski definition) is 3. The van der Waals surface area contributed by atoms with E-state index in [1.165, 1.54) is 11.1 Å². The van der Waals surface area contributed by atoms with Gasteiger partial charge in [0.15, 0.2) is 0 Å². The maximum atomic E-state index is 11.6. The zero-order valence-electron chi connectivity index (χ0n) is 10.9. The lowest BCUT2D eigenvalue weighted by Crippen LogP contribution is -2.44. The number of nitrogens with zero attached hydrogens (tertiary/aromatic N) is 1. The Morgan fingerprint density at radius 2 is 2.28 bits per heavy atom. The molecule has 0 bridgehead atoms. The zero-order valence-corrected chi connectivity index (χ0v) is 10.9. The van der Waals surface area contributed by atoms with Crippen LogP contribution in [-0.2, 0) is 11.3 Å². The summed E-state index contributed by atoms with van der Waals surface area (Å²) >= 11 is 0. The van der Waals surface area contributed by atoms with Crippen LogP contribution in [0.5, 0.6) is 0 Å². The van der Waals surface area contributed by atoms with E-state index in [1.807, 2.05) is 0 Å². The summed E-state index contributed by atoms with van der Waals surface area (Å²) in [6.07, 6.45) is 2.00. The minimum atomic E-state index is -0.0375. The van der Waals surface area contributed by atoms with Crippen molar-refractivity contribution in [1.29, 1.82) is 0 Å². The lowest BCUT2D eigenvalue weighted by Gasteiger charge is -2.32. The first-order chi connectivity index (χ1) is 8.70. The van der Waals surface area contributed by atoms with Crippen molar-refractivity contribution >= 4 is 5.91 Å². The summed E-state index contributed by atoms with van der Waals surface area (Å²) in [6, 6.07) is 8.40. The predicted molar refractivity (Wildman–Crippen MR) is 71.5 cm³/mol. The average molecular weight is 247 g/mol. The molecular formula is C14H21N3O. The molecule has 0 aromatic heterocycles. The van der Waals surface area contributed by atoms with Crippen LogP contribution < -0.4 is 11.3 Å². The SMILES string of the molecule is Cc1ccccc1CN1CCCC(C(=O)NN)C1. The molecule has 1 fully saturated rings. The molecule has 0 saturated carbocycles. The molecule has 1 heterocycles. The summed E-state index contributed by atoms with van der Waals surface area (Å²) in [5, 5.41) is 0. The molecule has 1 aliphatic heterocycles. The Kier molecular flexibility index (Phi) is 4.33. The molecule has 1 unspecified atom stereocenters. The molecular weight excluding hydrogens is 226 g/mol. The summed E-state index contributed by atoms with van der Waals surface area (Å²) in [5.41, 5.74) is 4.91. The fourth-order valence-electron chi connectivity index (χ4n) is 2.56. The number of likely N-dealkylation sites (tertiary alicyclic amines) is 1. The van der Waals surface area contributed by atoms with Crippen LogP contribution in [0.15, 0.2) is 24.3 Å². The van der Waals surface area contributed by atoms with E-state index in [9.17, 15) is 4.79 Å². The van der Waals surface area contributed by atoms with Gasteiger partial charge in [0.2, 0.25) is 5.91 Å². The van der Waals surface area contributed by atoms with Gasteiger partial charge in [-0.3, -0.25) is 15.1 Å². The van der Waals surface area contributed by atoms with E-state index in [0.717, 1.165) is 32.5 Å². The number of carbonyl (C=O) groups is 1. The molecule has 1 amide bonds. The molecule has 4 heteroatoms. The molecule has 0 radical (unpaired) electrons. The minimum absolute atomic E-state index is 0.0350.